The largest absolute Gasteiger partial charge is 0.459 e. The van der Waals surface area contributed by atoms with Gasteiger partial charge < -0.3 is 0 Å². The highest BCUT2D eigenvalue weighted by Gasteiger charge is 2.76. The van der Waals surface area contributed by atoms with Gasteiger partial charge in [-0.2, -0.15) is 43.9 Å². The van der Waals surface area contributed by atoms with E-state index < -0.39 is 32.0 Å². The Kier molecular flexibility index (Phi) is 5.50. The molecule has 0 nitrogen and oxygen atoms in total. The van der Waals surface area contributed by atoms with Crippen LogP contribution in [-0.2, 0) is 0 Å². The maximum absolute atomic E-state index is 12.9. The molecule has 12 heteroatoms. The van der Waals surface area contributed by atoms with Crippen LogP contribution in [0.2, 0.25) is 0 Å². The molecule has 0 aromatic rings. The van der Waals surface area contributed by atoms with Crippen molar-refractivity contribution in [3.05, 3.63) is 0 Å². The quantitative estimate of drug-likeness (QED) is 0.281. The molecule has 0 radical (unpaired) electrons. The maximum Gasteiger partial charge on any atom is 0.459 e. The van der Waals surface area contributed by atoms with Crippen molar-refractivity contribution >= 4 is 45.2 Å². The number of alkyl halides is 12. The Morgan fingerprint density at radius 1 is 0.611 bits per heavy atom. The van der Waals surface area contributed by atoms with Crippen LogP contribution in [0, 0.1) is 0 Å². The third-order valence-corrected chi connectivity index (χ3v) is 5.99. The average Bonchev–Trinajstić information content (AvgIpc) is 2.11. The first-order valence-electron chi connectivity index (χ1n) is 3.74. The second kappa shape index (κ2) is 5.27. The van der Waals surface area contributed by atoms with Gasteiger partial charge in [0.05, 0.1) is 0 Å². The zero-order valence-corrected chi connectivity index (χ0v) is 12.0. The van der Waals surface area contributed by atoms with Crippen LogP contribution in [0.1, 0.15) is 0 Å². The minimum atomic E-state index is -6.64. The molecule has 0 aliphatic heterocycles. The van der Waals surface area contributed by atoms with Crippen LogP contribution in [0.3, 0.4) is 0 Å². The zero-order valence-electron chi connectivity index (χ0n) is 7.69. The molecule has 0 fully saturated rings. The molecule has 0 saturated heterocycles. The van der Waals surface area contributed by atoms with E-state index in [1.165, 1.54) is 0 Å². The van der Waals surface area contributed by atoms with Crippen molar-refractivity contribution in [2.75, 3.05) is 0 Å². The van der Waals surface area contributed by atoms with Gasteiger partial charge >= 0.3 is 24.2 Å². The van der Waals surface area contributed by atoms with Gasteiger partial charge in [-0.3, -0.25) is 0 Å². The smallest absolute Gasteiger partial charge is 0.198 e. The van der Waals surface area contributed by atoms with Crippen LogP contribution in [-0.4, -0.2) is 32.0 Å². The highest BCUT2D eigenvalue weighted by atomic mass is 127. The van der Waals surface area contributed by atoms with Crippen molar-refractivity contribution in [1.82, 2.24) is 0 Å². The Bertz CT molecular complexity index is 292. The van der Waals surface area contributed by atoms with E-state index in [-0.39, 0.29) is 22.6 Å². The number of hydrogen-bond donors (Lipinski definition) is 0. The molecule has 2 atom stereocenters. The van der Waals surface area contributed by atoms with Crippen LogP contribution in [0.5, 0.6) is 0 Å². The van der Waals surface area contributed by atoms with E-state index in [2.05, 4.69) is 0 Å². The lowest BCUT2D eigenvalue weighted by Gasteiger charge is -2.33. The standard InChI is InChI=1S/C6H2F10I2/c7-3(8,5(12,13)6(14,15)16)1(17)2(18)4(9,10)11/h1-2H. The topological polar surface area (TPSA) is 0 Å². The summed E-state index contributed by atoms with van der Waals surface area (Å²) in [5, 5.41) is 0. The molecule has 0 aliphatic carbocycles. The van der Waals surface area contributed by atoms with Crippen molar-refractivity contribution in [2.24, 2.45) is 0 Å². The molecule has 110 valence electrons. The molecule has 0 saturated carbocycles. The van der Waals surface area contributed by atoms with Crippen molar-refractivity contribution in [3.63, 3.8) is 0 Å². The van der Waals surface area contributed by atoms with Gasteiger partial charge in [0.25, 0.3) is 0 Å². The lowest BCUT2D eigenvalue weighted by Crippen LogP contribution is -2.59. The van der Waals surface area contributed by atoms with Gasteiger partial charge in [0.2, 0.25) is 0 Å². The molecular weight excluding hydrogens is 516 g/mol. The van der Waals surface area contributed by atoms with E-state index in [1.807, 2.05) is 0 Å². The van der Waals surface area contributed by atoms with E-state index in [0.717, 1.165) is 0 Å². The van der Waals surface area contributed by atoms with E-state index in [0.29, 0.717) is 22.6 Å². The van der Waals surface area contributed by atoms with Gasteiger partial charge in [-0.05, 0) is 0 Å². The third-order valence-electron chi connectivity index (χ3n) is 1.69. The van der Waals surface area contributed by atoms with Gasteiger partial charge in [0.15, 0.2) is 0 Å². The Morgan fingerprint density at radius 3 is 1.17 bits per heavy atom. The summed E-state index contributed by atoms with van der Waals surface area (Å²) < 4.78 is 116. The van der Waals surface area contributed by atoms with Crippen molar-refractivity contribution < 1.29 is 43.9 Å². The van der Waals surface area contributed by atoms with Crippen molar-refractivity contribution in [3.8, 4) is 0 Å². The summed E-state index contributed by atoms with van der Waals surface area (Å²) >= 11 is 0.598. The zero-order chi connectivity index (χ0) is 15.2. The molecule has 0 spiro atoms. The number of rotatable bonds is 3. The number of halogens is 12. The predicted molar refractivity (Wildman–Crippen MR) is 57.6 cm³/mol. The molecule has 0 aliphatic rings. The van der Waals surface area contributed by atoms with E-state index >= 15 is 0 Å². The molecule has 2 unspecified atom stereocenters. The first-order chi connectivity index (χ1) is 7.57. The summed E-state index contributed by atoms with van der Waals surface area (Å²) in [4.78, 5) is 0. The molecule has 0 aromatic carbocycles. The normalized spacial score (nSPS) is 18.7. The fraction of sp³-hybridized carbons (Fsp3) is 1.00. The van der Waals surface area contributed by atoms with E-state index in [1.54, 1.807) is 0 Å². The highest BCUT2D eigenvalue weighted by Crippen LogP contribution is 2.52. The fourth-order valence-corrected chi connectivity index (χ4v) is 1.96. The summed E-state index contributed by atoms with van der Waals surface area (Å²) in [5.74, 6) is -12.4. The van der Waals surface area contributed by atoms with Gasteiger partial charge in [-0.25, -0.2) is 0 Å². The molecular formula is C6H2F10I2. The summed E-state index contributed by atoms with van der Waals surface area (Å²) in [7, 11) is 0. The minimum Gasteiger partial charge on any atom is -0.198 e. The van der Waals surface area contributed by atoms with Gasteiger partial charge in [-0.1, -0.05) is 45.2 Å². The Morgan fingerprint density at radius 2 is 0.944 bits per heavy atom. The number of hydrogen-bond acceptors (Lipinski definition) is 0. The lowest BCUT2D eigenvalue weighted by molar-refractivity contribution is -0.354. The van der Waals surface area contributed by atoms with Gasteiger partial charge in [-0.15, -0.1) is 0 Å². The second-order valence-corrected chi connectivity index (χ2v) is 5.72. The second-order valence-electron chi connectivity index (χ2n) is 3.04. The Hall–Kier alpha value is 0.760. The summed E-state index contributed by atoms with van der Waals surface area (Å²) in [6.45, 7) is 0. The van der Waals surface area contributed by atoms with Crippen LogP contribution in [0.4, 0.5) is 43.9 Å². The predicted octanol–water partition coefficient (Wildman–Crippen LogP) is 4.99. The summed E-state index contributed by atoms with van der Waals surface area (Å²) in [6.07, 6.45) is -12.0. The lowest BCUT2D eigenvalue weighted by atomic mass is 10.1. The Balaban J connectivity index is 5.40. The molecule has 0 N–H and O–H groups in total. The van der Waals surface area contributed by atoms with Crippen molar-refractivity contribution in [1.29, 1.82) is 0 Å². The van der Waals surface area contributed by atoms with Crippen molar-refractivity contribution in [2.45, 2.75) is 32.0 Å². The maximum atomic E-state index is 12.9. The molecule has 0 aromatic heterocycles. The highest BCUT2D eigenvalue weighted by molar-refractivity contribution is 14.1. The first-order valence-corrected chi connectivity index (χ1v) is 6.23. The monoisotopic (exact) mass is 518 g/mol. The minimum absolute atomic E-state index is 0.243. The molecule has 0 rings (SSSR count). The van der Waals surface area contributed by atoms with Gasteiger partial charge in [0, 0.05) is 0 Å². The molecule has 0 bridgehead atoms. The van der Waals surface area contributed by atoms with Crippen LogP contribution >= 0.6 is 45.2 Å². The summed E-state index contributed by atoms with van der Waals surface area (Å²) in [5.41, 5.74) is 0. The molecule has 18 heavy (non-hydrogen) atoms. The molecule has 0 amide bonds. The van der Waals surface area contributed by atoms with Gasteiger partial charge in [0.1, 0.15) is 7.85 Å². The Labute approximate surface area is 121 Å². The van der Waals surface area contributed by atoms with E-state index in [4.69, 9.17) is 0 Å². The van der Waals surface area contributed by atoms with Crippen LogP contribution < -0.4 is 0 Å². The SMILES string of the molecule is FC(F)(F)C(I)C(I)C(F)(F)C(F)(F)C(F)(F)F. The average molecular weight is 518 g/mol. The van der Waals surface area contributed by atoms with E-state index in [9.17, 15) is 43.9 Å². The first kappa shape index (κ1) is 18.8. The summed E-state index contributed by atoms with van der Waals surface area (Å²) in [6, 6.07) is 0. The molecule has 0 heterocycles. The third kappa shape index (κ3) is 3.45. The van der Waals surface area contributed by atoms with Crippen LogP contribution in [0.25, 0.3) is 0 Å². The fourth-order valence-electron chi connectivity index (χ4n) is 0.712. The van der Waals surface area contributed by atoms with Crippen LogP contribution in [0.15, 0.2) is 0 Å².